The number of carbonyl (C=O) groups is 2. The van der Waals surface area contributed by atoms with Crippen LogP contribution in [0.25, 0.3) is 0 Å². The third-order valence-electron chi connectivity index (χ3n) is 4.40. The smallest absolute Gasteiger partial charge is 0.454 e. The number of alkyl halides is 1. The molecular formula is C18H28FN4O10P. The van der Waals surface area contributed by atoms with Crippen molar-refractivity contribution in [3.63, 3.8) is 0 Å². The molecule has 34 heavy (non-hydrogen) atoms. The quantitative estimate of drug-likeness (QED) is 0.131. The molecule has 1 saturated heterocycles. The molecule has 1 aromatic heterocycles. The van der Waals surface area contributed by atoms with E-state index in [-0.39, 0.29) is 18.7 Å². The molecule has 0 radical (unpaired) electrons. The summed E-state index contributed by atoms with van der Waals surface area (Å²) in [5, 5.41) is 2.99. The SMILES string of the molecule is CCCNCCC(=O)OCC(=O)OCOP(=O)(O)OC[C@@H]1C[C@H](F)[C@H](n2ccc(N)nc2=O)O1. The first-order valence-electron chi connectivity index (χ1n) is 10.4. The number of phosphoric acid groups is 1. The van der Waals surface area contributed by atoms with Gasteiger partial charge in [0.1, 0.15) is 12.0 Å². The molecular weight excluding hydrogens is 482 g/mol. The Bertz CT molecular complexity index is 932. The maximum absolute atomic E-state index is 14.3. The van der Waals surface area contributed by atoms with Crippen LogP contribution < -0.4 is 16.7 Å². The Morgan fingerprint density at radius 3 is 2.82 bits per heavy atom. The van der Waals surface area contributed by atoms with E-state index in [4.69, 9.17) is 19.7 Å². The highest BCUT2D eigenvalue weighted by atomic mass is 31.2. The Labute approximate surface area is 194 Å². The van der Waals surface area contributed by atoms with Crippen molar-refractivity contribution in [2.45, 2.75) is 44.7 Å². The number of aromatic nitrogens is 2. The Hall–Kier alpha value is -2.42. The zero-order valence-corrected chi connectivity index (χ0v) is 19.4. The van der Waals surface area contributed by atoms with Crippen LogP contribution in [-0.4, -0.2) is 71.8 Å². The number of hydrogen-bond donors (Lipinski definition) is 3. The zero-order chi connectivity index (χ0) is 25.1. The van der Waals surface area contributed by atoms with E-state index in [0.717, 1.165) is 17.5 Å². The van der Waals surface area contributed by atoms with Gasteiger partial charge in [-0.2, -0.15) is 4.98 Å². The van der Waals surface area contributed by atoms with Crippen molar-refractivity contribution in [3.8, 4) is 0 Å². The second-order valence-electron chi connectivity index (χ2n) is 7.13. The summed E-state index contributed by atoms with van der Waals surface area (Å²) >= 11 is 0. The third-order valence-corrected chi connectivity index (χ3v) is 5.31. The van der Waals surface area contributed by atoms with Crippen LogP contribution in [0.3, 0.4) is 0 Å². The van der Waals surface area contributed by atoms with Gasteiger partial charge < -0.3 is 30.2 Å². The van der Waals surface area contributed by atoms with Gasteiger partial charge >= 0.3 is 25.5 Å². The third kappa shape index (κ3) is 9.44. The van der Waals surface area contributed by atoms with Crippen LogP contribution >= 0.6 is 7.82 Å². The number of anilines is 1. The van der Waals surface area contributed by atoms with Crippen molar-refractivity contribution < 1.29 is 46.7 Å². The molecule has 14 nitrogen and oxygen atoms in total. The lowest BCUT2D eigenvalue weighted by atomic mass is 10.2. The largest absolute Gasteiger partial charge is 0.475 e. The highest BCUT2D eigenvalue weighted by molar-refractivity contribution is 7.47. The summed E-state index contributed by atoms with van der Waals surface area (Å²) in [6.45, 7) is 0.937. The molecule has 0 spiro atoms. The van der Waals surface area contributed by atoms with Crippen LogP contribution in [0.15, 0.2) is 17.1 Å². The molecule has 0 bridgehead atoms. The van der Waals surface area contributed by atoms with Gasteiger partial charge in [-0.15, -0.1) is 0 Å². The number of ether oxygens (including phenoxy) is 3. The van der Waals surface area contributed by atoms with Gasteiger partial charge in [0.25, 0.3) is 0 Å². The number of nitrogens with one attached hydrogen (secondary N) is 1. The van der Waals surface area contributed by atoms with E-state index in [2.05, 4.69) is 19.6 Å². The lowest BCUT2D eigenvalue weighted by Gasteiger charge is -2.17. The van der Waals surface area contributed by atoms with Crippen molar-refractivity contribution in [3.05, 3.63) is 22.7 Å². The molecule has 0 amide bonds. The molecule has 2 heterocycles. The van der Waals surface area contributed by atoms with Crippen molar-refractivity contribution in [2.75, 3.05) is 38.8 Å². The molecule has 1 aromatic rings. The number of rotatable bonds is 14. The first kappa shape index (κ1) is 27.8. The predicted molar refractivity (Wildman–Crippen MR) is 113 cm³/mol. The monoisotopic (exact) mass is 510 g/mol. The standard InChI is InChI=1S/C18H28FN4O10P/c1-2-5-21-6-3-15(24)29-10-16(25)30-11-32-34(27,28)31-9-12-8-13(19)17(33-12)23-7-4-14(20)22-18(23)26/h4,7,12-13,17,21H,2-3,5-6,8-11H2,1H3,(H,27,28)(H2,20,22,26)/t12-,13-,17+/m0/s1. The summed E-state index contributed by atoms with van der Waals surface area (Å²) < 4.78 is 50.9. The van der Waals surface area contributed by atoms with Crippen LogP contribution in [0.1, 0.15) is 32.4 Å². The van der Waals surface area contributed by atoms with E-state index in [1.807, 2.05) is 6.92 Å². The average Bonchev–Trinajstić information content (AvgIpc) is 3.14. The fourth-order valence-electron chi connectivity index (χ4n) is 2.79. The number of esters is 2. The molecule has 1 aliphatic rings. The van der Waals surface area contributed by atoms with E-state index in [0.29, 0.717) is 6.54 Å². The summed E-state index contributed by atoms with van der Waals surface area (Å²) in [7, 11) is -4.68. The molecule has 1 unspecified atom stereocenters. The molecule has 0 aromatic carbocycles. The number of nitrogen functional groups attached to an aromatic ring is 1. The van der Waals surface area contributed by atoms with E-state index < -0.39 is 64.0 Å². The Morgan fingerprint density at radius 1 is 1.35 bits per heavy atom. The number of halogens is 1. The van der Waals surface area contributed by atoms with Crippen molar-refractivity contribution in [2.24, 2.45) is 0 Å². The van der Waals surface area contributed by atoms with E-state index in [1.165, 1.54) is 12.3 Å². The Kier molecular flexibility index (Phi) is 11.0. The molecule has 4 atom stereocenters. The van der Waals surface area contributed by atoms with Crippen LogP contribution in [0.2, 0.25) is 0 Å². The Morgan fingerprint density at radius 2 is 2.12 bits per heavy atom. The van der Waals surface area contributed by atoms with Crippen molar-refractivity contribution >= 4 is 25.6 Å². The van der Waals surface area contributed by atoms with Gasteiger partial charge in [-0.25, -0.2) is 23.1 Å². The van der Waals surface area contributed by atoms with Crippen LogP contribution in [0, 0.1) is 0 Å². The zero-order valence-electron chi connectivity index (χ0n) is 18.5. The molecule has 4 N–H and O–H groups in total. The van der Waals surface area contributed by atoms with Crippen molar-refractivity contribution in [1.29, 1.82) is 0 Å². The minimum Gasteiger partial charge on any atom is -0.454 e. The van der Waals surface area contributed by atoms with Gasteiger partial charge in [0, 0.05) is 19.2 Å². The van der Waals surface area contributed by atoms with Gasteiger partial charge in [-0.1, -0.05) is 6.92 Å². The lowest BCUT2D eigenvalue weighted by molar-refractivity contribution is -0.163. The fourth-order valence-corrected chi connectivity index (χ4v) is 3.41. The highest BCUT2D eigenvalue weighted by Crippen LogP contribution is 2.44. The Balaban J connectivity index is 1.67. The number of carbonyl (C=O) groups excluding carboxylic acids is 2. The van der Waals surface area contributed by atoms with Crippen LogP contribution in [0.4, 0.5) is 10.2 Å². The summed E-state index contributed by atoms with van der Waals surface area (Å²) in [6.07, 6.45) is -1.91. The van der Waals surface area contributed by atoms with Crippen LogP contribution in [0.5, 0.6) is 0 Å². The molecule has 0 saturated carbocycles. The normalized spacial score (nSPS) is 21.7. The first-order chi connectivity index (χ1) is 16.1. The van der Waals surface area contributed by atoms with E-state index in [9.17, 15) is 28.2 Å². The molecule has 16 heteroatoms. The van der Waals surface area contributed by atoms with Gasteiger partial charge in [0.2, 0.25) is 6.79 Å². The average molecular weight is 510 g/mol. The second-order valence-corrected chi connectivity index (χ2v) is 8.58. The molecule has 192 valence electrons. The number of nitrogens with two attached hydrogens (primary N) is 1. The lowest BCUT2D eigenvalue weighted by Crippen LogP contribution is -2.30. The maximum Gasteiger partial charge on any atom is 0.475 e. The van der Waals surface area contributed by atoms with Gasteiger partial charge in [-0.3, -0.25) is 13.9 Å². The minimum atomic E-state index is -4.68. The fraction of sp³-hybridized carbons (Fsp3) is 0.667. The number of hydrogen-bond acceptors (Lipinski definition) is 12. The topological polar surface area (TPSA) is 191 Å². The van der Waals surface area contributed by atoms with Gasteiger partial charge in [0.05, 0.1) is 19.1 Å². The maximum atomic E-state index is 14.3. The second kappa shape index (κ2) is 13.5. The van der Waals surface area contributed by atoms with Gasteiger partial charge in [-0.05, 0) is 19.0 Å². The van der Waals surface area contributed by atoms with E-state index in [1.54, 1.807) is 0 Å². The summed E-state index contributed by atoms with van der Waals surface area (Å²) in [5.41, 5.74) is 4.58. The van der Waals surface area contributed by atoms with Crippen LogP contribution in [-0.2, 0) is 37.4 Å². The van der Waals surface area contributed by atoms with Crippen molar-refractivity contribution in [1.82, 2.24) is 14.9 Å². The summed E-state index contributed by atoms with van der Waals surface area (Å²) in [5.74, 6) is -1.65. The first-order valence-corrected chi connectivity index (χ1v) is 11.9. The summed E-state index contributed by atoms with van der Waals surface area (Å²) in [4.78, 5) is 48.0. The molecule has 0 aliphatic carbocycles. The van der Waals surface area contributed by atoms with E-state index >= 15 is 0 Å². The van der Waals surface area contributed by atoms with Gasteiger partial charge in [0.15, 0.2) is 12.8 Å². The summed E-state index contributed by atoms with van der Waals surface area (Å²) in [6, 6.07) is 1.30. The molecule has 1 fully saturated rings. The minimum absolute atomic E-state index is 0.0357. The molecule has 2 rings (SSSR count). The number of phosphoric ester groups is 1. The molecule has 1 aliphatic heterocycles. The highest BCUT2D eigenvalue weighted by Gasteiger charge is 2.38. The predicted octanol–water partition coefficient (Wildman–Crippen LogP) is 0.0183. The number of nitrogens with zero attached hydrogens (tertiary/aromatic N) is 2.